The number of carbonyl (C=O) groups excluding carboxylic acids is 4. The highest BCUT2D eigenvalue weighted by Crippen LogP contribution is 2.30. The summed E-state index contributed by atoms with van der Waals surface area (Å²) in [4.78, 5) is 54.3. The van der Waals surface area contributed by atoms with Crippen LogP contribution in [0.2, 0.25) is 5.02 Å². The number of hydrogen-bond donors (Lipinski definition) is 3. The van der Waals surface area contributed by atoms with Crippen molar-refractivity contribution in [1.82, 2.24) is 10.2 Å². The van der Waals surface area contributed by atoms with Crippen molar-refractivity contribution in [3.63, 3.8) is 0 Å². The third-order valence-corrected chi connectivity index (χ3v) is 6.89. The van der Waals surface area contributed by atoms with Crippen molar-refractivity contribution in [2.75, 3.05) is 11.9 Å². The van der Waals surface area contributed by atoms with E-state index in [1.54, 1.807) is 57.2 Å². The fraction of sp³-hybridized carbons (Fsp3) is 0.500. The summed E-state index contributed by atoms with van der Waals surface area (Å²) in [6.07, 6.45) is 4.42. The standard InChI is InChI=1S/C32H45ClN4O5/c1-6-7-8-9-10-14-20-37(30(40)25(21-26(34)38)35-31(41)42-32(3,4)5)28(23-17-12-11-13-18-23)29(39)36-27-22(2)16-15-19-24(27)33/h11-13,15-19,25,28H,6-10,14,20-21H2,1-5H3,(H2,34,38)(H,35,41)(H,36,39). The first-order valence-electron chi connectivity index (χ1n) is 14.5. The minimum Gasteiger partial charge on any atom is -0.444 e. The van der Waals surface area contributed by atoms with Crippen molar-refractivity contribution in [2.24, 2.45) is 5.73 Å². The van der Waals surface area contributed by atoms with Crippen LogP contribution in [0.25, 0.3) is 0 Å². The van der Waals surface area contributed by atoms with Crippen LogP contribution >= 0.6 is 11.6 Å². The summed E-state index contributed by atoms with van der Waals surface area (Å²) in [5.74, 6) is -1.88. The monoisotopic (exact) mass is 600 g/mol. The van der Waals surface area contributed by atoms with E-state index >= 15 is 0 Å². The molecule has 2 aromatic rings. The number of alkyl carbamates (subject to hydrolysis) is 1. The molecule has 0 heterocycles. The van der Waals surface area contributed by atoms with Crippen LogP contribution < -0.4 is 16.4 Å². The second-order valence-electron chi connectivity index (χ2n) is 11.4. The zero-order valence-corrected chi connectivity index (χ0v) is 26.1. The smallest absolute Gasteiger partial charge is 0.408 e. The third-order valence-electron chi connectivity index (χ3n) is 6.58. The Morgan fingerprint density at radius 2 is 1.60 bits per heavy atom. The number of nitrogens with two attached hydrogens (primary N) is 1. The molecule has 230 valence electrons. The van der Waals surface area contributed by atoms with E-state index in [4.69, 9.17) is 22.1 Å². The van der Waals surface area contributed by atoms with Crippen LogP contribution in [-0.4, -0.2) is 46.9 Å². The van der Waals surface area contributed by atoms with Gasteiger partial charge in [0.2, 0.25) is 11.8 Å². The number of rotatable bonds is 15. The molecule has 0 aliphatic heterocycles. The molecule has 4 N–H and O–H groups in total. The summed E-state index contributed by atoms with van der Waals surface area (Å²) in [6.45, 7) is 9.25. The number of nitrogens with zero attached hydrogens (tertiary/aromatic N) is 1. The molecule has 2 rings (SSSR count). The molecule has 0 radical (unpaired) electrons. The second-order valence-corrected chi connectivity index (χ2v) is 11.8. The first-order chi connectivity index (χ1) is 19.8. The van der Waals surface area contributed by atoms with Gasteiger partial charge >= 0.3 is 6.09 Å². The van der Waals surface area contributed by atoms with Gasteiger partial charge in [0.05, 0.1) is 17.1 Å². The molecule has 10 heteroatoms. The van der Waals surface area contributed by atoms with Crippen molar-refractivity contribution in [2.45, 2.75) is 97.2 Å². The number of hydrogen-bond acceptors (Lipinski definition) is 5. The molecule has 0 saturated carbocycles. The van der Waals surface area contributed by atoms with Crippen molar-refractivity contribution in [3.05, 3.63) is 64.7 Å². The summed E-state index contributed by atoms with van der Waals surface area (Å²) in [7, 11) is 0. The minimum absolute atomic E-state index is 0.213. The van der Waals surface area contributed by atoms with Gasteiger partial charge in [-0.15, -0.1) is 0 Å². The Morgan fingerprint density at radius 1 is 0.952 bits per heavy atom. The van der Waals surface area contributed by atoms with E-state index < -0.39 is 47.9 Å². The molecule has 2 unspecified atom stereocenters. The fourth-order valence-corrected chi connectivity index (χ4v) is 4.84. The fourth-order valence-electron chi connectivity index (χ4n) is 4.57. The van der Waals surface area contributed by atoms with E-state index in [1.165, 1.54) is 4.90 Å². The maximum absolute atomic E-state index is 14.2. The van der Waals surface area contributed by atoms with Gasteiger partial charge in [0.1, 0.15) is 17.7 Å². The highest BCUT2D eigenvalue weighted by atomic mass is 35.5. The Morgan fingerprint density at radius 3 is 2.19 bits per heavy atom. The van der Waals surface area contributed by atoms with Gasteiger partial charge in [-0.05, 0) is 51.3 Å². The molecule has 2 atom stereocenters. The van der Waals surface area contributed by atoms with Gasteiger partial charge in [0.15, 0.2) is 0 Å². The third kappa shape index (κ3) is 11.4. The maximum atomic E-state index is 14.2. The van der Waals surface area contributed by atoms with E-state index in [2.05, 4.69) is 17.6 Å². The van der Waals surface area contributed by atoms with E-state index in [-0.39, 0.29) is 6.54 Å². The van der Waals surface area contributed by atoms with E-state index in [9.17, 15) is 19.2 Å². The molecule has 0 saturated heterocycles. The minimum atomic E-state index is -1.33. The lowest BCUT2D eigenvalue weighted by molar-refractivity contribution is -0.142. The molecule has 0 aliphatic rings. The van der Waals surface area contributed by atoms with Crippen LogP contribution in [0, 0.1) is 6.92 Å². The molecule has 0 spiro atoms. The molecule has 0 aromatic heterocycles. The summed E-state index contributed by atoms with van der Waals surface area (Å²) in [6, 6.07) is 11.8. The van der Waals surface area contributed by atoms with Gasteiger partial charge < -0.3 is 26.0 Å². The van der Waals surface area contributed by atoms with E-state index in [0.717, 1.165) is 37.7 Å². The summed E-state index contributed by atoms with van der Waals surface area (Å²) in [5.41, 5.74) is 6.42. The highest BCUT2D eigenvalue weighted by molar-refractivity contribution is 6.34. The summed E-state index contributed by atoms with van der Waals surface area (Å²) in [5, 5.41) is 5.79. The SMILES string of the molecule is CCCCCCCCN(C(=O)C(CC(N)=O)NC(=O)OC(C)(C)C)C(C(=O)Nc1c(C)cccc1Cl)c1ccccc1. The van der Waals surface area contributed by atoms with Gasteiger partial charge in [0, 0.05) is 6.54 Å². The largest absolute Gasteiger partial charge is 0.444 e. The average molecular weight is 601 g/mol. The molecule has 0 fully saturated rings. The number of anilines is 1. The first-order valence-corrected chi connectivity index (χ1v) is 14.9. The number of nitrogens with one attached hydrogen (secondary N) is 2. The lowest BCUT2D eigenvalue weighted by Gasteiger charge is -2.34. The van der Waals surface area contributed by atoms with Crippen LogP contribution in [0.4, 0.5) is 10.5 Å². The Kier molecular flexibility index (Phi) is 13.8. The first kappa shape index (κ1) is 34.6. The number of carbonyl (C=O) groups is 4. The number of halogens is 1. The normalized spacial score (nSPS) is 12.6. The Balaban J connectivity index is 2.51. The van der Waals surface area contributed by atoms with Crippen LogP contribution in [0.3, 0.4) is 0 Å². The Hall–Kier alpha value is -3.59. The summed E-state index contributed by atoms with van der Waals surface area (Å²) >= 11 is 6.42. The van der Waals surface area contributed by atoms with E-state index in [0.29, 0.717) is 22.7 Å². The Labute approximate surface area is 254 Å². The molecule has 2 aromatic carbocycles. The van der Waals surface area contributed by atoms with Crippen LogP contribution in [0.1, 0.15) is 89.8 Å². The van der Waals surface area contributed by atoms with E-state index in [1.807, 2.05) is 19.1 Å². The lowest BCUT2D eigenvalue weighted by atomic mass is 10.0. The van der Waals surface area contributed by atoms with Crippen LogP contribution in [0.15, 0.2) is 48.5 Å². The number of para-hydroxylation sites is 1. The number of amides is 4. The molecule has 0 aliphatic carbocycles. The van der Waals surface area contributed by atoms with Crippen molar-refractivity contribution in [3.8, 4) is 0 Å². The van der Waals surface area contributed by atoms with Gasteiger partial charge in [-0.2, -0.15) is 0 Å². The molecule has 4 amide bonds. The highest BCUT2D eigenvalue weighted by Gasteiger charge is 2.37. The van der Waals surface area contributed by atoms with Crippen molar-refractivity contribution >= 4 is 41.1 Å². The molecular weight excluding hydrogens is 556 g/mol. The molecular formula is C32H45ClN4O5. The number of primary amides is 1. The molecule has 0 bridgehead atoms. The summed E-state index contributed by atoms with van der Waals surface area (Å²) < 4.78 is 5.35. The predicted molar refractivity (Wildman–Crippen MR) is 166 cm³/mol. The van der Waals surface area contributed by atoms with Gasteiger partial charge in [0.25, 0.3) is 5.91 Å². The number of aryl methyl sites for hydroxylation is 1. The second kappa shape index (κ2) is 16.8. The zero-order chi connectivity index (χ0) is 31.3. The predicted octanol–water partition coefficient (Wildman–Crippen LogP) is 6.29. The Bertz CT molecular complexity index is 1180. The van der Waals surface area contributed by atoms with Crippen LogP contribution in [-0.2, 0) is 19.1 Å². The van der Waals surface area contributed by atoms with Gasteiger partial charge in [-0.1, -0.05) is 93.1 Å². The van der Waals surface area contributed by atoms with Gasteiger partial charge in [-0.3, -0.25) is 14.4 Å². The quantitative estimate of drug-likeness (QED) is 0.207. The average Bonchev–Trinajstić information content (AvgIpc) is 2.90. The topological polar surface area (TPSA) is 131 Å². The zero-order valence-electron chi connectivity index (χ0n) is 25.4. The lowest BCUT2D eigenvalue weighted by Crippen LogP contribution is -2.53. The van der Waals surface area contributed by atoms with Crippen LogP contribution in [0.5, 0.6) is 0 Å². The number of unbranched alkanes of at least 4 members (excludes halogenated alkanes) is 5. The van der Waals surface area contributed by atoms with Crippen molar-refractivity contribution < 1.29 is 23.9 Å². The van der Waals surface area contributed by atoms with Crippen molar-refractivity contribution in [1.29, 1.82) is 0 Å². The molecule has 42 heavy (non-hydrogen) atoms. The van der Waals surface area contributed by atoms with Gasteiger partial charge in [-0.25, -0.2) is 4.79 Å². The number of ether oxygens (including phenoxy) is 1. The maximum Gasteiger partial charge on any atom is 0.408 e. The number of benzene rings is 2. The molecule has 9 nitrogen and oxygen atoms in total.